The van der Waals surface area contributed by atoms with Crippen molar-refractivity contribution in [1.29, 1.82) is 0 Å². The molecule has 0 heterocycles. The minimum atomic E-state index is -0.832. The molecule has 0 amide bonds. The molecule has 0 atom stereocenters. The van der Waals surface area contributed by atoms with E-state index >= 15 is 0 Å². The SMILES string of the molecule is C=CC(=O)OCCCCCCOc1ccc(C(=O)Oc2ccc(OC(=O)c3ccc(OC(=O)C=C)c(OC(=O)C=C)c3)cc2)cc1. The van der Waals surface area contributed by atoms with Crippen LogP contribution in [0.4, 0.5) is 0 Å². The van der Waals surface area contributed by atoms with Crippen LogP contribution in [0, 0.1) is 0 Å². The number of rotatable bonds is 17. The average Bonchev–Trinajstić information content (AvgIpc) is 3.07. The van der Waals surface area contributed by atoms with Crippen molar-refractivity contribution >= 4 is 29.8 Å². The lowest BCUT2D eigenvalue weighted by atomic mass is 10.2. The summed E-state index contributed by atoms with van der Waals surface area (Å²) in [5, 5.41) is 0. The lowest BCUT2D eigenvalue weighted by Crippen LogP contribution is -2.12. The molecule has 0 saturated carbocycles. The molecule has 0 fully saturated rings. The summed E-state index contributed by atoms with van der Waals surface area (Å²) < 4.78 is 31.5. The maximum atomic E-state index is 12.7. The van der Waals surface area contributed by atoms with E-state index in [0.717, 1.165) is 43.9 Å². The van der Waals surface area contributed by atoms with Crippen molar-refractivity contribution in [3.63, 3.8) is 0 Å². The van der Waals surface area contributed by atoms with Crippen LogP contribution in [0.25, 0.3) is 0 Å². The van der Waals surface area contributed by atoms with Gasteiger partial charge in [-0.15, -0.1) is 0 Å². The van der Waals surface area contributed by atoms with Gasteiger partial charge in [0.15, 0.2) is 11.5 Å². The summed E-state index contributed by atoms with van der Waals surface area (Å²) in [5.41, 5.74) is 0.309. The number of benzene rings is 3. The van der Waals surface area contributed by atoms with Crippen molar-refractivity contribution in [1.82, 2.24) is 0 Å². The van der Waals surface area contributed by atoms with Gasteiger partial charge in [-0.25, -0.2) is 24.0 Å². The van der Waals surface area contributed by atoms with E-state index in [1.807, 2.05) is 0 Å². The predicted molar refractivity (Wildman–Crippen MR) is 166 cm³/mol. The first kappa shape index (κ1) is 34.5. The predicted octanol–water partition coefficient (Wildman–Crippen LogP) is 5.98. The third-order valence-corrected chi connectivity index (χ3v) is 5.99. The fraction of sp³-hybridized carbons (Fsp3) is 0.171. The molecular formula is C35H32O11. The Hall–Kier alpha value is -5.97. The highest BCUT2D eigenvalue weighted by Gasteiger charge is 2.17. The van der Waals surface area contributed by atoms with E-state index in [-0.39, 0.29) is 28.6 Å². The molecule has 11 nitrogen and oxygen atoms in total. The van der Waals surface area contributed by atoms with Crippen molar-refractivity contribution in [3.05, 3.63) is 116 Å². The average molecular weight is 629 g/mol. The fourth-order valence-electron chi connectivity index (χ4n) is 3.67. The highest BCUT2D eigenvalue weighted by Crippen LogP contribution is 2.30. The third kappa shape index (κ3) is 11.3. The molecule has 0 aliphatic carbocycles. The number of unbranched alkanes of at least 4 members (excludes halogenated alkanes) is 3. The minimum absolute atomic E-state index is 0.00283. The molecule has 3 aromatic rings. The standard InChI is InChI=1S/C35H32O11/c1-4-31(36)42-22-10-8-7-9-21-41-26-14-11-24(12-15-26)34(39)43-27-16-18-28(19-17-27)44-35(40)25-13-20-29(45-32(37)5-2)30(23-25)46-33(38)6-3/h4-6,11-20,23H,1-3,7-10,21-22H2. The Kier molecular flexibility index (Phi) is 13.5. The van der Waals surface area contributed by atoms with Crippen LogP contribution in [0.1, 0.15) is 46.4 Å². The molecule has 11 heteroatoms. The van der Waals surface area contributed by atoms with Crippen molar-refractivity contribution in [2.45, 2.75) is 25.7 Å². The summed E-state index contributed by atoms with van der Waals surface area (Å²) in [7, 11) is 0. The van der Waals surface area contributed by atoms with Gasteiger partial charge < -0.3 is 28.4 Å². The Balaban J connectivity index is 1.48. The first-order valence-corrected chi connectivity index (χ1v) is 14.1. The second-order valence-electron chi connectivity index (χ2n) is 9.32. The Morgan fingerprint density at radius 2 is 0.978 bits per heavy atom. The van der Waals surface area contributed by atoms with Crippen LogP contribution in [0.5, 0.6) is 28.7 Å². The van der Waals surface area contributed by atoms with E-state index in [4.69, 9.17) is 28.4 Å². The maximum absolute atomic E-state index is 12.7. The zero-order valence-electron chi connectivity index (χ0n) is 24.9. The van der Waals surface area contributed by atoms with Crippen LogP contribution in [0.15, 0.2) is 105 Å². The molecule has 0 aliphatic heterocycles. The lowest BCUT2D eigenvalue weighted by molar-refractivity contribution is -0.138. The zero-order chi connectivity index (χ0) is 33.3. The number of esters is 5. The molecule has 0 aromatic heterocycles. The molecule has 238 valence electrons. The number of ether oxygens (including phenoxy) is 6. The van der Waals surface area contributed by atoms with Crippen LogP contribution in [-0.4, -0.2) is 43.1 Å². The molecular weight excluding hydrogens is 596 g/mol. The van der Waals surface area contributed by atoms with Crippen molar-refractivity contribution in [2.75, 3.05) is 13.2 Å². The van der Waals surface area contributed by atoms with Crippen LogP contribution in [0.2, 0.25) is 0 Å². The Bertz CT molecular complexity index is 1570. The van der Waals surface area contributed by atoms with Gasteiger partial charge >= 0.3 is 29.8 Å². The molecule has 46 heavy (non-hydrogen) atoms. The minimum Gasteiger partial charge on any atom is -0.494 e. The van der Waals surface area contributed by atoms with Crippen molar-refractivity contribution in [3.8, 4) is 28.7 Å². The lowest BCUT2D eigenvalue weighted by Gasteiger charge is -2.11. The largest absolute Gasteiger partial charge is 0.494 e. The second-order valence-corrected chi connectivity index (χ2v) is 9.32. The van der Waals surface area contributed by atoms with Gasteiger partial charge in [0.05, 0.1) is 24.3 Å². The van der Waals surface area contributed by atoms with Crippen molar-refractivity contribution in [2.24, 2.45) is 0 Å². The molecule has 3 rings (SSSR count). The second kappa shape index (κ2) is 18.0. The van der Waals surface area contributed by atoms with E-state index < -0.39 is 29.8 Å². The number of carbonyl (C=O) groups is 5. The van der Waals surface area contributed by atoms with E-state index in [1.54, 1.807) is 24.3 Å². The van der Waals surface area contributed by atoms with Crippen LogP contribution >= 0.6 is 0 Å². The van der Waals surface area contributed by atoms with E-state index in [9.17, 15) is 24.0 Å². The molecule has 0 bridgehead atoms. The number of hydrogen-bond donors (Lipinski definition) is 0. The first-order valence-electron chi connectivity index (χ1n) is 14.1. The maximum Gasteiger partial charge on any atom is 0.343 e. The molecule has 0 spiro atoms. The molecule has 0 N–H and O–H groups in total. The molecule has 0 unspecified atom stereocenters. The van der Waals surface area contributed by atoms with E-state index in [0.29, 0.717) is 24.5 Å². The van der Waals surface area contributed by atoms with Gasteiger partial charge in [0.1, 0.15) is 17.2 Å². The molecule has 3 aromatic carbocycles. The Labute approximate surface area is 265 Å². The van der Waals surface area contributed by atoms with Gasteiger partial charge in [0, 0.05) is 18.2 Å². The quantitative estimate of drug-likeness (QED) is 0.0755. The van der Waals surface area contributed by atoms with E-state index in [2.05, 4.69) is 19.7 Å². The summed E-state index contributed by atoms with van der Waals surface area (Å²) in [6.45, 7) is 10.8. The summed E-state index contributed by atoms with van der Waals surface area (Å²) in [6.07, 6.45) is 6.40. The van der Waals surface area contributed by atoms with Gasteiger partial charge in [-0.2, -0.15) is 0 Å². The van der Waals surface area contributed by atoms with Gasteiger partial charge in [-0.1, -0.05) is 19.7 Å². The van der Waals surface area contributed by atoms with Crippen LogP contribution in [0.3, 0.4) is 0 Å². The summed E-state index contributed by atoms with van der Waals surface area (Å²) >= 11 is 0. The third-order valence-electron chi connectivity index (χ3n) is 5.99. The fourth-order valence-corrected chi connectivity index (χ4v) is 3.67. The van der Waals surface area contributed by atoms with Gasteiger partial charge in [-0.3, -0.25) is 0 Å². The molecule has 0 aliphatic rings. The smallest absolute Gasteiger partial charge is 0.343 e. The Morgan fingerprint density at radius 1 is 0.500 bits per heavy atom. The zero-order valence-corrected chi connectivity index (χ0v) is 24.9. The van der Waals surface area contributed by atoms with E-state index in [1.165, 1.54) is 42.5 Å². The summed E-state index contributed by atoms with van der Waals surface area (Å²) in [5.74, 6) is -2.76. The highest BCUT2D eigenvalue weighted by atomic mass is 16.6. The first-order chi connectivity index (χ1) is 22.2. The molecule has 0 radical (unpaired) electrons. The Morgan fingerprint density at radius 3 is 1.54 bits per heavy atom. The number of hydrogen-bond acceptors (Lipinski definition) is 11. The monoisotopic (exact) mass is 628 g/mol. The van der Waals surface area contributed by atoms with Gasteiger partial charge in [0.2, 0.25) is 0 Å². The summed E-state index contributed by atoms with van der Waals surface area (Å²) in [4.78, 5) is 59.6. The van der Waals surface area contributed by atoms with Gasteiger partial charge in [-0.05, 0) is 92.4 Å². The van der Waals surface area contributed by atoms with Gasteiger partial charge in [0.25, 0.3) is 0 Å². The van der Waals surface area contributed by atoms with Crippen LogP contribution in [-0.2, 0) is 19.1 Å². The van der Waals surface area contributed by atoms with Crippen molar-refractivity contribution < 1.29 is 52.4 Å². The van der Waals surface area contributed by atoms with Crippen LogP contribution < -0.4 is 23.7 Å². The number of carbonyl (C=O) groups excluding carboxylic acids is 5. The highest BCUT2D eigenvalue weighted by molar-refractivity contribution is 5.93. The topological polar surface area (TPSA) is 141 Å². The molecule has 0 saturated heterocycles. The normalized spacial score (nSPS) is 10.1. The summed E-state index contributed by atoms with van der Waals surface area (Å²) in [6, 6.07) is 16.1.